The molecule has 1 unspecified atom stereocenters. The number of carbonyl (C=O) groups excluding carboxylic acids is 2. The SMILES string of the molecule is CCOc1ccccc1NC(=O)C(C)OC(=O)[C@H](C)N=C1NS(=O)(=O)c2ccccc21. The molecule has 2 atom stereocenters. The first-order valence-electron chi connectivity index (χ1n) is 9.66. The Balaban J connectivity index is 1.66. The lowest BCUT2D eigenvalue weighted by Gasteiger charge is -2.17. The number of hydrogen-bond donors (Lipinski definition) is 2. The first-order chi connectivity index (χ1) is 14.7. The molecule has 0 fully saturated rings. The zero-order chi connectivity index (χ0) is 22.6. The lowest BCUT2D eigenvalue weighted by molar-refractivity contribution is -0.153. The number of carbonyl (C=O) groups is 2. The molecule has 164 valence electrons. The van der Waals surface area contributed by atoms with Crippen LogP contribution < -0.4 is 14.8 Å². The Labute approximate surface area is 180 Å². The molecule has 2 aromatic carbocycles. The predicted octanol–water partition coefficient (Wildman–Crippen LogP) is 2.08. The topological polar surface area (TPSA) is 123 Å². The normalized spacial score (nSPS) is 17.2. The molecule has 2 N–H and O–H groups in total. The summed E-state index contributed by atoms with van der Waals surface area (Å²) in [6, 6.07) is 12.2. The van der Waals surface area contributed by atoms with Gasteiger partial charge in [-0.25, -0.2) is 13.2 Å². The molecule has 1 aliphatic heterocycles. The fourth-order valence-electron chi connectivity index (χ4n) is 2.89. The predicted molar refractivity (Wildman–Crippen MR) is 115 cm³/mol. The number of aliphatic imine (C=N–C) groups is 1. The highest BCUT2D eigenvalue weighted by atomic mass is 32.2. The molecule has 2 aromatic rings. The molecule has 0 aromatic heterocycles. The van der Waals surface area contributed by atoms with Gasteiger partial charge in [0.1, 0.15) is 17.6 Å². The van der Waals surface area contributed by atoms with Gasteiger partial charge in [0.15, 0.2) is 6.10 Å². The molecule has 0 saturated carbocycles. The summed E-state index contributed by atoms with van der Waals surface area (Å²) in [6.45, 7) is 5.15. The summed E-state index contributed by atoms with van der Waals surface area (Å²) in [5.41, 5.74) is 0.836. The molecule has 0 bridgehead atoms. The molecular weight excluding hydrogens is 422 g/mol. The van der Waals surface area contributed by atoms with Crippen molar-refractivity contribution in [1.82, 2.24) is 4.72 Å². The van der Waals surface area contributed by atoms with E-state index in [2.05, 4.69) is 15.0 Å². The number of hydrogen-bond acceptors (Lipinski definition) is 7. The van der Waals surface area contributed by atoms with Crippen molar-refractivity contribution >= 4 is 33.4 Å². The maximum absolute atomic E-state index is 12.4. The number of anilines is 1. The Morgan fingerprint density at radius 3 is 2.52 bits per heavy atom. The zero-order valence-electron chi connectivity index (χ0n) is 17.3. The Morgan fingerprint density at radius 2 is 1.77 bits per heavy atom. The average Bonchev–Trinajstić information content (AvgIpc) is 2.99. The van der Waals surface area contributed by atoms with Crippen molar-refractivity contribution < 1.29 is 27.5 Å². The summed E-state index contributed by atoms with van der Waals surface area (Å²) in [4.78, 5) is 29.1. The minimum Gasteiger partial charge on any atom is -0.492 e. The molecule has 1 heterocycles. The van der Waals surface area contributed by atoms with E-state index < -0.39 is 34.0 Å². The third kappa shape index (κ3) is 5.02. The van der Waals surface area contributed by atoms with Gasteiger partial charge >= 0.3 is 5.97 Å². The van der Waals surface area contributed by atoms with Crippen LogP contribution >= 0.6 is 0 Å². The standard InChI is InChI=1S/C21H23N3O6S/c1-4-29-17-11-7-6-10-16(17)23-20(25)14(3)30-21(26)13(2)22-19-15-9-5-8-12-18(15)31(27,28)24-19/h5-14H,4H2,1-3H3,(H,22,24)(H,23,25)/t13-,14?/m0/s1. The molecule has 1 aliphatic rings. The Morgan fingerprint density at radius 1 is 1.10 bits per heavy atom. The fourth-order valence-corrected chi connectivity index (χ4v) is 4.13. The van der Waals surface area contributed by atoms with Crippen LogP contribution in [0.3, 0.4) is 0 Å². The molecule has 0 saturated heterocycles. The number of nitrogens with zero attached hydrogens (tertiary/aromatic N) is 1. The second-order valence-electron chi connectivity index (χ2n) is 6.75. The molecule has 9 nitrogen and oxygen atoms in total. The quantitative estimate of drug-likeness (QED) is 0.629. The van der Waals surface area contributed by atoms with E-state index in [9.17, 15) is 18.0 Å². The van der Waals surface area contributed by atoms with Crippen molar-refractivity contribution in [3.8, 4) is 5.75 Å². The van der Waals surface area contributed by atoms with Gasteiger partial charge in [-0.05, 0) is 45.0 Å². The van der Waals surface area contributed by atoms with E-state index in [1.54, 1.807) is 42.5 Å². The van der Waals surface area contributed by atoms with Crippen LogP contribution in [0.25, 0.3) is 0 Å². The number of esters is 1. The smallest absolute Gasteiger partial charge is 0.331 e. The molecular formula is C21H23N3O6S. The summed E-state index contributed by atoms with van der Waals surface area (Å²) in [5, 5.41) is 2.67. The van der Waals surface area contributed by atoms with Crippen molar-refractivity contribution in [1.29, 1.82) is 0 Å². The number of benzene rings is 2. The highest BCUT2D eigenvalue weighted by Gasteiger charge is 2.31. The number of nitrogens with one attached hydrogen (secondary N) is 2. The summed E-state index contributed by atoms with van der Waals surface area (Å²) in [6.07, 6.45) is -1.10. The van der Waals surface area contributed by atoms with Gasteiger partial charge < -0.3 is 14.8 Å². The molecule has 1 amide bonds. The minimum atomic E-state index is -3.71. The van der Waals surface area contributed by atoms with E-state index in [0.717, 1.165) is 0 Å². The van der Waals surface area contributed by atoms with Gasteiger partial charge in [-0.1, -0.05) is 24.3 Å². The second-order valence-corrected chi connectivity index (χ2v) is 8.40. The summed E-state index contributed by atoms with van der Waals surface area (Å²) >= 11 is 0. The number of amidine groups is 1. The first-order valence-corrected chi connectivity index (χ1v) is 11.1. The largest absolute Gasteiger partial charge is 0.492 e. The summed E-state index contributed by atoms with van der Waals surface area (Å²) in [7, 11) is -3.71. The highest BCUT2D eigenvalue weighted by Crippen LogP contribution is 2.24. The minimum absolute atomic E-state index is 0.0581. The maximum Gasteiger partial charge on any atom is 0.331 e. The monoisotopic (exact) mass is 445 g/mol. The van der Waals surface area contributed by atoms with Crippen LogP contribution in [0.5, 0.6) is 5.75 Å². The molecule has 0 radical (unpaired) electrons. The number of rotatable bonds is 7. The van der Waals surface area contributed by atoms with Crippen molar-refractivity contribution in [3.05, 3.63) is 54.1 Å². The van der Waals surface area contributed by atoms with Crippen LogP contribution in [0.1, 0.15) is 26.3 Å². The van der Waals surface area contributed by atoms with Gasteiger partial charge in [0.05, 0.1) is 17.2 Å². The van der Waals surface area contributed by atoms with Crippen molar-refractivity contribution in [2.24, 2.45) is 4.99 Å². The van der Waals surface area contributed by atoms with Crippen LogP contribution in [-0.4, -0.2) is 44.9 Å². The second kappa shape index (κ2) is 9.17. The van der Waals surface area contributed by atoms with Gasteiger partial charge in [0.25, 0.3) is 15.9 Å². The number of amides is 1. The van der Waals surface area contributed by atoms with Gasteiger partial charge in [-0.15, -0.1) is 0 Å². The van der Waals surface area contributed by atoms with Gasteiger partial charge in [0, 0.05) is 5.56 Å². The van der Waals surface area contributed by atoms with Crippen molar-refractivity contribution in [3.63, 3.8) is 0 Å². The van der Waals surface area contributed by atoms with Gasteiger partial charge in [0.2, 0.25) is 0 Å². The van der Waals surface area contributed by atoms with E-state index >= 15 is 0 Å². The third-order valence-electron chi connectivity index (χ3n) is 4.43. The Bertz CT molecular complexity index is 1130. The van der Waals surface area contributed by atoms with Gasteiger partial charge in [-0.3, -0.25) is 14.5 Å². The van der Waals surface area contributed by atoms with Crippen LogP contribution in [0.2, 0.25) is 0 Å². The first kappa shape index (κ1) is 22.3. The lowest BCUT2D eigenvalue weighted by atomic mass is 10.2. The van der Waals surface area contributed by atoms with Crippen LogP contribution in [-0.2, 0) is 24.3 Å². The molecule has 0 spiro atoms. The van der Waals surface area contributed by atoms with Gasteiger partial charge in [-0.2, -0.15) is 0 Å². The Hall–Kier alpha value is -3.40. The van der Waals surface area contributed by atoms with Crippen molar-refractivity contribution in [2.45, 2.75) is 37.8 Å². The van der Waals surface area contributed by atoms with E-state index in [0.29, 0.717) is 23.6 Å². The van der Waals surface area contributed by atoms with Crippen LogP contribution in [0.15, 0.2) is 58.4 Å². The molecule has 0 aliphatic carbocycles. The van der Waals surface area contributed by atoms with Crippen LogP contribution in [0, 0.1) is 0 Å². The van der Waals surface area contributed by atoms with E-state index in [-0.39, 0.29) is 10.7 Å². The van der Waals surface area contributed by atoms with E-state index in [1.807, 2.05) is 6.92 Å². The molecule has 31 heavy (non-hydrogen) atoms. The number of para-hydroxylation sites is 2. The summed E-state index contributed by atoms with van der Waals surface area (Å²) < 4.78 is 37.3. The Kier molecular flexibility index (Phi) is 6.59. The summed E-state index contributed by atoms with van der Waals surface area (Å²) in [5.74, 6) is -0.740. The zero-order valence-corrected chi connectivity index (χ0v) is 18.1. The average molecular weight is 445 g/mol. The molecule has 10 heteroatoms. The maximum atomic E-state index is 12.4. The van der Waals surface area contributed by atoms with Crippen LogP contribution in [0.4, 0.5) is 5.69 Å². The highest BCUT2D eigenvalue weighted by molar-refractivity contribution is 7.90. The fraction of sp³-hybridized carbons (Fsp3) is 0.286. The van der Waals surface area contributed by atoms with Crippen molar-refractivity contribution in [2.75, 3.05) is 11.9 Å². The number of sulfonamides is 1. The molecule has 3 rings (SSSR count). The lowest BCUT2D eigenvalue weighted by Crippen LogP contribution is -2.34. The number of fused-ring (bicyclic) bond motifs is 1. The van der Waals surface area contributed by atoms with E-state index in [4.69, 9.17) is 9.47 Å². The third-order valence-corrected chi connectivity index (χ3v) is 5.83. The van der Waals surface area contributed by atoms with E-state index in [1.165, 1.54) is 19.9 Å². The number of ether oxygens (including phenoxy) is 2.